The molecule has 1 heterocycles. The molecule has 0 radical (unpaired) electrons. The molecule has 3 nitrogen and oxygen atoms in total. The van der Waals surface area contributed by atoms with Crippen molar-refractivity contribution >= 4 is 0 Å². The molecule has 0 amide bonds. The average molecular weight is 212 g/mol. The molecule has 0 saturated carbocycles. The van der Waals surface area contributed by atoms with Crippen LogP contribution in [0.5, 0.6) is 0 Å². The van der Waals surface area contributed by atoms with Crippen molar-refractivity contribution in [3.63, 3.8) is 0 Å². The Kier molecular flexibility index (Phi) is 7.28. The maximum Gasteiger partial charge on any atom is 0.157 e. The van der Waals surface area contributed by atoms with Crippen LogP contribution in [0.2, 0.25) is 0 Å². The van der Waals surface area contributed by atoms with Crippen LogP contribution in [0.1, 0.15) is 38.5 Å². The molecule has 0 aromatic rings. The monoisotopic (exact) mass is 212 g/mol. The standard InChI is InChI=1S/C12H20O3/c13-9-5-2-1-3-6-10-14-12-8-4-7-11-15-12/h12-13H,3-11H2/t12-/m1/s1. The van der Waals surface area contributed by atoms with Crippen LogP contribution in [-0.4, -0.2) is 31.2 Å². The van der Waals surface area contributed by atoms with Crippen molar-refractivity contribution in [2.75, 3.05) is 19.8 Å². The molecular formula is C12H20O3. The first kappa shape index (κ1) is 12.5. The minimum Gasteiger partial charge on any atom is -0.395 e. The third kappa shape index (κ3) is 6.51. The molecule has 1 rings (SSSR count). The molecule has 1 aliphatic heterocycles. The lowest BCUT2D eigenvalue weighted by atomic mass is 10.2. The molecule has 15 heavy (non-hydrogen) atoms. The van der Waals surface area contributed by atoms with Gasteiger partial charge in [-0.2, -0.15) is 0 Å². The van der Waals surface area contributed by atoms with E-state index in [9.17, 15) is 0 Å². The minimum atomic E-state index is 0.0177. The van der Waals surface area contributed by atoms with Crippen molar-refractivity contribution in [3.05, 3.63) is 0 Å². The molecular weight excluding hydrogens is 192 g/mol. The molecule has 1 fully saturated rings. The third-order valence-electron chi connectivity index (χ3n) is 2.25. The fraction of sp³-hybridized carbons (Fsp3) is 0.833. The summed E-state index contributed by atoms with van der Waals surface area (Å²) in [7, 11) is 0. The Labute approximate surface area is 91.8 Å². The molecule has 0 aromatic heterocycles. The molecule has 1 N–H and O–H groups in total. The number of aliphatic hydroxyl groups is 1. The molecule has 0 aliphatic carbocycles. The summed E-state index contributed by atoms with van der Waals surface area (Å²) in [4.78, 5) is 0. The van der Waals surface area contributed by atoms with E-state index in [0.717, 1.165) is 38.9 Å². The van der Waals surface area contributed by atoms with Gasteiger partial charge in [0.05, 0.1) is 13.2 Å². The summed E-state index contributed by atoms with van der Waals surface area (Å²) in [6.07, 6.45) is 5.77. The van der Waals surface area contributed by atoms with Gasteiger partial charge in [-0.25, -0.2) is 0 Å². The first-order valence-corrected chi connectivity index (χ1v) is 5.73. The van der Waals surface area contributed by atoms with Crippen molar-refractivity contribution < 1.29 is 14.6 Å². The van der Waals surface area contributed by atoms with Gasteiger partial charge in [0.15, 0.2) is 6.29 Å². The summed E-state index contributed by atoms with van der Waals surface area (Å²) in [5, 5.41) is 8.50. The van der Waals surface area contributed by atoms with Gasteiger partial charge in [-0.1, -0.05) is 0 Å². The number of unbranched alkanes of at least 4 members (excludes halogenated alkanes) is 1. The second kappa shape index (κ2) is 8.72. The van der Waals surface area contributed by atoms with Crippen LogP contribution in [0.4, 0.5) is 0 Å². The predicted octanol–water partition coefficient (Wildman–Crippen LogP) is 1.70. The van der Waals surface area contributed by atoms with E-state index in [1.54, 1.807) is 0 Å². The Morgan fingerprint density at radius 1 is 1.27 bits per heavy atom. The van der Waals surface area contributed by atoms with E-state index in [1.807, 2.05) is 0 Å². The van der Waals surface area contributed by atoms with Crippen LogP contribution in [0.3, 0.4) is 0 Å². The van der Waals surface area contributed by atoms with Gasteiger partial charge in [0.2, 0.25) is 0 Å². The molecule has 0 aromatic carbocycles. The van der Waals surface area contributed by atoms with E-state index < -0.39 is 0 Å². The van der Waals surface area contributed by atoms with Crippen LogP contribution >= 0.6 is 0 Å². The highest BCUT2D eigenvalue weighted by atomic mass is 16.7. The van der Waals surface area contributed by atoms with Crippen LogP contribution in [0.25, 0.3) is 0 Å². The van der Waals surface area contributed by atoms with Crippen molar-refractivity contribution in [2.24, 2.45) is 0 Å². The highest BCUT2D eigenvalue weighted by Crippen LogP contribution is 2.13. The smallest absolute Gasteiger partial charge is 0.157 e. The fourth-order valence-electron chi connectivity index (χ4n) is 1.45. The topological polar surface area (TPSA) is 38.7 Å². The molecule has 1 saturated heterocycles. The second-order valence-electron chi connectivity index (χ2n) is 3.60. The maximum atomic E-state index is 8.50. The first-order valence-electron chi connectivity index (χ1n) is 5.73. The van der Waals surface area contributed by atoms with Crippen LogP contribution in [0.15, 0.2) is 0 Å². The van der Waals surface area contributed by atoms with Crippen molar-refractivity contribution in [1.82, 2.24) is 0 Å². The normalized spacial score (nSPS) is 20.7. The number of ether oxygens (including phenoxy) is 2. The van der Waals surface area contributed by atoms with Crippen molar-refractivity contribution in [1.29, 1.82) is 0 Å². The highest BCUT2D eigenvalue weighted by Gasteiger charge is 2.12. The Morgan fingerprint density at radius 2 is 2.13 bits per heavy atom. The predicted molar refractivity (Wildman–Crippen MR) is 58.3 cm³/mol. The SMILES string of the molecule is OCCC#CCCCO[C@H]1CCCCO1. The van der Waals surface area contributed by atoms with E-state index in [-0.39, 0.29) is 12.9 Å². The summed E-state index contributed by atoms with van der Waals surface area (Å²) >= 11 is 0. The molecule has 86 valence electrons. The Morgan fingerprint density at radius 3 is 2.87 bits per heavy atom. The van der Waals surface area contributed by atoms with Gasteiger partial charge >= 0.3 is 0 Å². The van der Waals surface area contributed by atoms with E-state index in [0.29, 0.717) is 6.42 Å². The molecule has 0 unspecified atom stereocenters. The zero-order valence-electron chi connectivity index (χ0n) is 9.21. The van der Waals surface area contributed by atoms with Gasteiger partial charge in [0, 0.05) is 19.4 Å². The number of hydrogen-bond acceptors (Lipinski definition) is 3. The lowest BCUT2D eigenvalue weighted by molar-refractivity contribution is -0.162. The van der Waals surface area contributed by atoms with Gasteiger partial charge in [0.1, 0.15) is 0 Å². The largest absolute Gasteiger partial charge is 0.395 e. The fourth-order valence-corrected chi connectivity index (χ4v) is 1.45. The first-order chi connectivity index (χ1) is 7.43. The Bertz CT molecular complexity index is 199. The Balaban J connectivity index is 1.90. The zero-order valence-corrected chi connectivity index (χ0v) is 9.21. The summed E-state index contributed by atoms with van der Waals surface area (Å²) in [6.45, 7) is 1.71. The molecule has 0 spiro atoms. The van der Waals surface area contributed by atoms with Gasteiger partial charge < -0.3 is 14.6 Å². The van der Waals surface area contributed by atoms with Crippen molar-refractivity contribution in [3.8, 4) is 11.8 Å². The van der Waals surface area contributed by atoms with Gasteiger partial charge in [-0.15, -0.1) is 11.8 Å². The van der Waals surface area contributed by atoms with E-state index in [4.69, 9.17) is 14.6 Å². The zero-order chi connectivity index (χ0) is 10.8. The summed E-state index contributed by atoms with van der Waals surface area (Å²) in [5.74, 6) is 5.88. The van der Waals surface area contributed by atoms with Crippen LogP contribution < -0.4 is 0 Å². The van der Waals surface area contributed by atoms with Crippen molar-refractivity contribution in [2.45, 2.75) is 44.8 Å². The highest BCUT2D eigenvalue weighted by molar-refractivity contribution is 4.98. The quantitative estimate of drug-likeness (QED) is 0.557. The minimum absolute atomic E-state index is 0.0177. The average Bonchev–Trinajstić information content (AvgIpc) is 2.29. The summed E-state index contributed by atoms with van der Waals surface area (Å²) in [6, 6.07) is 0. The molecule has 1 atom stereocenters. The molecule has 0 bridgehead atoms. The van der Waals surface area contributed by atoms with Gasteiger partial charge in [-0.3, -0.25) is 0 Å². The number of rotatable bonds is 5. The van der Waals surface area contributed by atoms with Gasteiger partial charge in [0.25, 0.3) is 0 Å². The number of hydrogen-bond donors (Lipinski definition) is 1. The van der Waals surface area contributed by atoms with E-state index >= 15 is 0 Å². The lowest BCUT2D eigenvalue weighted by Crippen LogP contribution is -2.22. The van der Waals surface area contributed by atoms with E-state index in [1.165, 1.54) is 6.42 Å². The summed E-state index contributed by atoms with van der Waals surface area (Å²) < 4.78 is 11.0. The summed E-state index contributed by atoms with van der Waals surface area (Å²) in [5.41, 5.74) is 0. The number of aliphatic hydroxyl groups excluding tert-OH is 1. The van der Waals surface area contributed by atoms with Crippen LogP contribution in [-0.2, 0) is 9.47 Å². The molecule has 3 heteroatoms. The Hall–Kier alpha value is -0.560. The lowest BCUT2D eigenvalue weighted by Gasteiger charge is -2.22. The van der Waals surface area contributed by atoms with E-state index in [2.05, 4.69) is 11.8 Å². The maximum absolute atomic E-state index is 8.50. The van der Waals surface area contributed by atoms with Crippen LogP contribution in [0, 0.1) is 11.8 Å². The third-order valence-corrected chi connectivity index (χ3v) is 2.25. The second-order valence-corrected chi connectivity index (χ2v) is 3.60. The molecule has 1 aliphatic rings. The van der Waals surface area contributed by atoms with Gasteiger partial charge in [-0.05, 0) is 25.7 Å².